The lowest BCUT2D eigenvalue weighted by Gasteiger charge is -2.34. The fourth-order valence-electron chi connectivity index (χ4n) is 2.70. The van der Waals surface area contributed by atoms with E-state index < -0.39 is 23.8 Å². The first kappa shape index (κ1) is 15.5. The minimum Gasteiger partial charge on any atom is -0.367 e. The highest BCUT2D eigenvalue weighted by atomic mass is 19.4. The maximum Gasteiger partial charge on any atom is 0.418 e. The first-order chi connectivity index (χ1) is 10.9. The highest BCUT2D eigenvalue weighted by Gasteiger charge is 2.34. The molecule has 8 heteroatoms. The van der Waals surface area contributed by atoms with E-state index in [1.165, 1.54) is 12.3 Å². The lowest BCUT2D eigenvalue weighted by Crippen LogP contribution is -2.48. The topological polar surface area (TPSA) is 68.5 Å². The van der Waals surface area contributed by atoms with Gasteiger partial charge in [-0.25, -0.2) is 0 Å². The first-order valence-electron chi connectivity index (χ1n) is 6.98. The lowest BCUT2D eigenvalue weighted by molar-refractivity contribution is -0.136. The van der Waals surface area contributed by atoms with Crippen molar-refractivity contribution in [2.45, 2.75) is 12.3 Å². The van der Waals surface area contributed by atoms with Crippen molar-refractivity contribution >= 4 is 22.5 Å². The number of hydrogen-bond donors (Lipinski definition) is 1. The molecule has 23 heavy (non-hydrogen) atoms. The van der Waals surface area contributed by atoms with Crippen molar-refractivity contribution in [2.24, 2.45) is 5.73 Å². The van der Waals surface area contributed by atoms with Gasteiger partial charge in [-0.1, -0.05) is 0 Å². The Morgan fingerprint density at radius 3 is 2.83 bits per heavy atom. The number of amides is 1. The summed E-state index contributed by atoms with van der Waals surface area (Å²) in [6, 6.07) is 5.58. The fraction of sp³-hybridized carbons (Fsp3) is 0.333. The second-order valence-corrected chi connectivity index (χ2v) is 5.24. The average molecular weight is 325 g/mol. The number of primary amides is 1. The normalized spacial score (nSPS) is 19.1. The summed E-state index contributed by atoms with van der Waals surface area (Å²) in [5.74, 6) is -0.593. The number of halogens is 3. The Morgan fingerprint density at radius 1 is 1.35 bits per heavy atom. The number of nitrogens with two attached hydrogens (primary N) is 1. The van der Waals surface area contributed by atoms with Crippen LogP contribution in [0.5, 0.6) is 0 Å². The van der Waals surface area contributed by atoms with Crippen molar-refractivity contribution in [1.82, 2.24) is 4.98 Å². The summed E-state index contributed by atoms with van der Waals surface area (Å²) in [6.45, 7) is 0.931. The van der Waals surface area contributed by atoms with Crippen LogP contribution in [0, 0.1) is 0 Å². The number of rotatable bonds is 2. The van der Waals surface area contributed by atoms with Crippen LogP contribution in [0.2, 0.25) is 0 Å². The molecule has 0 bridgehead atoms. The number of fused-ring (bicyclic) bond motifs is 1. The standard InChI is InChI=1S/C15H14F3N3O2/c16-15(17,18)10-3-4-11(9-2-1-5-20-13(9)10)21-6-7-23-12(8-21)14(19)22/h1-5,12H,6-8H2,(H2,19,22). The van der Waals surface area contributed by atoms with Gasteiger partial charge in [-0.2, -0.15) is 13.2 Å². The van der Waals surface area contributed by atoms with Crippen molar-refractivity contribution in [3.05, 3.63) is 36.0 Å². The predicted octanol–water partition coefficient (Wildman–Crippen LogP) is 1.94. The zero-order valence-electron chi connectivity index (χ0n) is 12.0. The fourth-order valence-corrected chi connectivity index (χ4v) is 2.70. The van der Waals surface area contributed by atoms with Crippen LogP contribution in [0.4, 0.5) is 18.9 Å². The summed E-state index contributed by atoms with van der Waals surface area (Å²) >= 11 is 0. The molecule has 1 atom stereocenters. The number of ether oxygens (including phenoxy) is 1. The first-order valence-corrected chi connectivity index (χ1v) is 6.98. The maximum absolute atomic E-state index is 13.1. The van der Waals surface area contributed by atoms with Gasteiger partial charge in [-0.3, -0.25) is 9.78 Å². The minimum atomic E-state index is -4.48. The third-order valence-corrected chi connectivity index (χ3v) is 3.78. The SMILES string of the molecule is NC(=O)C1CN(c2ccc(C(F)(F)F)c3ncccc23)CCO1. The molecule has 122 valence electrons. The summed E-state index contributed by atoms with van der Waals surface area (Å²) in [5, 5.41) is 0.382. The molecule has 2 N–H and O–H groups in total. The quantitative estimate of drug-likeness (QED) is 0.916. The molecule has 0 saturated carbocycles. The monoisotopic (exact) mass is 325 g/mol. The van der Waals surface area contributed by atoms with Gasteiger partial charge in [0.15, 0.2) is 6.10 Å². The van der Waals surface area contributed by atoms with E-state index in [9.17, 15) is 18.0 Å². The van der Waals surface area contributed by atoms with Gasteiger partial charge in [0.25, 0.3) is 0 Å². The van der Waals surface area contributed by atoms with Crippen molar-refractivity contribution < 1.29 is 22.7 Å². The summed E-state index contributed by atoms with van der Waals surface area (Å²) < 4.78 is 44.6. The molecule has 1 aliphatic rings. The van der Waals surface area contributed by atoms with E-state index in [0.29, 0.717) is 17.6 Å². The summed E-state index contributed by atoms with van der Waals surface area (Å²) in [5.41, 5.74) is 4.94. The van der Waals surface area contributed by atoms with Crippen LogP contribution in [-0.4, -0.2) is 36.7 Å². The van der Waals surface area contributed by atoms with Crippen molar-refractivity contribution in [2.75, 3.05) is 24.6 Å². The number of hydrogen-bond acceptors (Lipinski definition) is 4. The second kappa shape index (κ2) is 5.69. The van der Waals surface area contributed by atoms with E-state index in [1.54, 1.807) is 17.0 Å². The van der Waals surface area contributed by atoms with Crippen LogP contribution in [0.1, 0.15) is 5.56 Å². The van der Waals surface area contributed by atoms with Gasteiger partial charge in [0.05, 0.1) is 24.2 Å². The molecular weight excluding hydrogens is 311 g/mol. The number of alkyl halides is 3. The molecule has 0 aliphatic carbocycles. The predicted molar refractivity (Wildman–Crippen MR) is 77.9 cm³/mol. The Bertz CT molecular complexity index is 748. The molecule has 0 radical (unpaired) electrons. The van der Waals surface area contributed by atoms with Crippen LogP contribution in [0.15, 0.2) is 30.5 Å². The number of anilines is 1. The zero-order chi connectivity index (χ0) is 16.6. The van der Waals surface area contributed by atoms with E-state index >= 15 is 0 Å². The van der Waals surface area contributed by atoms with Crippen LogP contribution in [0.3, 0.4) is 0 Å². The molecule has 2 heterocycles. The minimum absolute atomic E-state index is 0.111. The van der Waals surface area contributed by atoms with Gasteiger partial charge in [0.1, 0.15) is 0 Å². The van der Waals surface area contributed by atoms with E-state index in [1.807, 2.05) is 0 Å². The van der Waals surface area contributed by atoms with Crippen LogP contribution < -0.4 is 10.6 Å². The van der Waals surface area contributed by atoms with E-state index in [-0.39, 0.29) is 18.7 Å². The number of carbonyl (C=O) groups is 1. The average Bonchev–Trinajstić information content (AvgIpc) is 2.53. The molecule has 1 aromatic carbocycles. The molecule has 2 aromatic rings. The van der Waals surface area contributed by atoms with Crippen LogP contribution in [-0.2, 0) is 15.7 Å². The van der Waals surface area contributed by atoms with Crippen molar-refractivity contribution in [3.63, 3.8) is 0 Å². The molecule has 1 amide bonds. The molecule has 1 fully saturated rings. The Hall–Kier alpha value is -2.35. The summed E-state index contributed by atoms with van der Waals surface area (Å²) in [4.78, 5) is 17.0. The summed E-state index contributed by atoms with van der Waals surface area (Å²) in [7, 11) is 0. The smallest absolute Gasteiger partial charge is 0.367 e. The highest BCUT2D eigenvalue weighted by molar-refractivity contribution is 5.94. The molecule has 3 rings (SSSR count). The molecule has 1 unspecified atom stereocenters. The molecule has 1 aromatic heterocycles. The third kappa shape index (κ3) is 2.94. The van der Waals surface area contributed by atoms with Crippen molar-refractivity contribution in [3.8, 4) is 0 Å². The lowest BCUT2D eigenvalue weighted by atomic mass is 10.1. The Kier molecular flexibility index (Phi) is 3.85. The molecule has 1 saturated heterocycles. The zero-order valence-corrected chi connectivity index (χ0v) is 12.0. The van der Waals surface area contributed by atoms with E-state index in [4.69, 9.17) is 10.5 Å². The van der Waals surface area contributed by atoms with Gasteiger partial charge in [-0.05, 0) is 24.3 Å². The van der Waals surface area contributed by atoms with Crippen LogP contribution in [0.25, 0.3) is 10.9 Å². The van der Waals surface area contributed by atoms with Gasteiger partial charge < -0.3 is 15.4 Å². The number of nitrogens with zero attached hydrogens (tertiary/aromatic N) is 2. The largest absolute Gasteiger partial charge is 0.418 e. The number of morpholine rings is 1. The van der Waals surface area contributed by atoms with Crippen LogP contribution >= 0.6 is 0 Å². The van der Waals surface area contributed by atoms with Crippen molar-refractivity contribution in [1.29, 1.82) is 0 Å². The Labute approximate surface area is 129 Å². The van der Waals surface area contributed by atoms with Gasteiger partial charge >= 0.3 is 6.18 Å². The number of pyridine rings is 1. The number of carbonyl (C=O) groups excluding carboxylic acids is 1. The molecule has 5 nitrogen and oxygen atoms in total. The van der Waals surface area contributed by atoms with Gasteiger partial charge in [0.2, 0.25) is 5.91 Å². The second-order valence-electron chi connectivity index (χ2n) is 5.24. The number of benzene rings is 1. The van der Waals surface area contributed by atoms with Gasteiger partial charge in [0, 0.05) is 23.8 Å². The van der Waals surface area contributed by atoms with E-state index in [2.05, 4.69) is 4.98 Å². The van der Waals surface area contributed by atoms with Gasteiger partial charge in [-0.15, -0.1) is 0 Å². The Morgan fingerprint density at radius 2 is 2.13 bits per heavy atom. The highest BCUT2D eigenvalue weighted by Crippen LogP contribution is 2.37. The maximum atomic E-state index is 13.1. The molecule has 1 aliphatic heterocycles. The van der Waals surface area contributed by atoms with E-state index in [0.717, 1.165) is 6.07 Å². The summed E-state index contributed by atoms with van der Waals surface area (Å²) in [6.07, 6.45) is -3.93. The Balaban J connectivity index is 2.07. The number of aromatic nitrogens is 1. The molecular formula is C15H14F3N3O2. The molecule has 0 spiro atoms. The third-order valence-electron chi connectivity index (χ3n) is 3.78.